The Bertz CT molecular complexity index is 288. The van der Waals surface area contributed by atoms with E-state index >= 15 is 0 Å². The molecular weight excluding hydrogens is 172 g/mol. The summed E-state index contributed by atoms with van der Waals surface area (Å²) in [4.78, 5) is 15.6. The van der Waals surface area contributed by atoms with Crippen LogP contribution in [0.3, 0.4) is 0 Å². The minimum atomic E-state index is -0.418. The molecule has 0 spiro atoms. The number of primary amides is 1. The summed E-state index contributed by atoms with van der Waals surface area (Å²) in [5, 5.41) is 0. The van der Waals surface area contributed by atoms with E-state index in [1.165, 1.54) is 6.20 Å². The average Bonchev–Trinajstić information content (AvgIpc) is 2.05. The van der Waals surface area contributed by atoms with E-state index in [1.807, 2.05) is 6.92 Å². The maximum Gasteiger partial charge on any atom is 0.251 e. The second-order valence-corrected chi connectivity index (χ2v) is 3.47. The lowest BCUT2D eigenvalue weighted by atomic mass is 10.3. The summed E-state index contributed by atoms with van der Waals surface area (Å²) in [5.41, 5.74) is 5.66. The first-order valence-electron chi connectivity index (χ1n) is 3.62. The van der Waals surface area contributed by atoms with Gasteiger partial charge in [-0.15, -0.1) is 11.8 Å². The third-order valence-electron chi connectivity index (χ3n) is 1.35. The molecule has 1 amide bonds. The lowest BCUT2D eigenvalue weighted by molar-refractivity contribution is 0.0997. The van der Waals surface area contributed by atoms with Crippen molar-refractivity contribution < 1.29 is 4.79 Å². The quantitative estimate of drug-likeness (QED) is 0.717. The smallest absolute Gasteiger partial charge is 0.251 e. The number of nitrogens with two attached hydrogens (primary N) is 1. The van der Waals surface area contributed by atoms with E-state index in [1.54, 1.807) is 24.0 Å². The number of pyridine rings is 1. The molecule has 12 heavy (non-hydrogen) atoms. The van der Waals surface area contributed by atoms with Crippen molar-refractivity contribution in [1.29, 1.82) is 0 Å². The highest BCUT2D eigenvalue weighted by atomic mass is 32.2. The zero-order chi connectivity index (χ0) is 8.97. The summed E-state index contributed by atoms with van der Waals surface area (Å²) in [6, 6.07) is 1.80. The van der Waals surface area contributed by atoms with Gasteiger partial charge in [-0.2, -0.15) is 0 Å². The molecule has 0 radical (unpaired) electrons. The average molecular weight is 182 g/mol. The lowest BCUT2D eigenvalue weighted by Gasteiger charge is -2.02. The summed E-state index contributed by atoms with van der Waals surface area (Å²) in [6.45, 7) is 2.02. The third-order valence-corrected chi connectivity index (χ3v) is 2.30. The Balaban J connectivity index is 3.00. The van der Waals surface area contributed by atoms with Crippen LogP contribution in [0.15, 0.2) is 23.4 Å². The standard InChI is InChI=1S/C8H10N2OS/c1-2-12-7-3-4-10-5-6(7)8(9)11/h3-5H,2H2,1H3,(H2,9,11). The van der Waals surface area contributed by atoms with Gasteiger partial charge in [0.15, 0.2) is 0 Å². The molecule has 0 saturated carbocycles. The molecule has 0 bridgehead atoms. The van der Waals surface area contributed by atoms with Crippen LogP contribution in [0, 0.1) is 0 Å². The van der Waals surface area contributed by atoms with Crippen LogP contribution in [-0.4, -0.2) is 16.6 Å². The van der Waals surface area contributed by atoms with Crippen molar-refractivity contribution in [1.82, 2.24) is 4.98 Å². The molecule has 0 aliphatic rings. The summed E-state index contributed by atoms with van der Waals surface area (Å²) >= 11 is 1.59. The van der Waals surface area contributed by atoms with Gasteiger partial charge in [-0.3, -0.25) is 9.78 Å². The Kier molecular flexibility index (Phi) is 3.10. The van der Waals surface area contributed by atoms with E-state index in [-0.39, 0.29) is 0 Å². The van der Waals surface area contributed by atoms with E-state index in [0.29, 0.717) is 5.56 Å². The van der Waals surface area contributed by atoms with E-state index in [9.17, 15) is 4.79 Å². The third kappa shape index (κ3) is 1.98. The highest BCUT2D eigenvalue weighted by molar-refractivity contribution is 7.99. The summed E-state index contributed by atoms with van der Waals surface area (Å²) < 4.78 is 0. The van der Waals surface area contributed by atoms with Crippen LogP contribution >= 0.6 is 11.8 Å². The largest absolute Gasteiger partial charge is 0.366 e. The first kappa shape index (κ1) is 9.06. The van der Waals surface area contributed by atoms with Crippen LogP contribution in [0.25, 0.3) is 0 Å². The van der Waals surface area contributed by atoms with Crippen LogP contribution < -0.4 is 5.73 Å². The van der Waals surface area contributed by atoms with Gasteiger partial charge in [0.05, 0.1) is 5.56 Å². The molecule has 0 aliphatic carbocycles. The minimum Gasteiger partial charge on any atom is -0.366 e. The maximum atomic E-state index is 10.9. The fourth-order valence-corrected chi connectivity index (χ4v) is 1.62. The predicted molar refractivity (Wildman–Crippen MR) is 49.2 cm³/mol. The molecule has 0 aliphatic heterocycles. The molecule has 0 fully saturated rings. The number of rotatable bonds is 3. The van der Waals surface area contributed by atoms with E-state index in [4.69, 9.17) is 5.73 Å². The van der Waals surface area contributed by atoms with Gasteiger partial charge in [0.2, 0.25) is 0 Å². The van der Waals surface area contributed by atoms with Crippen molar-refractivity contribution in [3.8, 4) is 0 Å². The van der Waals surface area contributed by atoms with Crippen molar-refractivity contribution >= 4 is 17.7 Å². The summed E-state index contributed by atoms with van der Waals surface area (Å²) in [5.74, 6) is 0.503. The Morgan fingerprint density at radius 2 is 2.50 bits per heavy atom. The van der Waals surface area contributed by atoms with E-state index in [0.717, 1.165) is 10.6 Å². The van der Waals surface area contributed by atoms with Gasteiger partial charge in [-0.05, 0) is 11.8 Å². The Labute approximate surface area is 75.4 Å². The van der Waals surface area contributed by atoms with Gasteiger partial charge in [0.1, 0.15) is 0 Å². The van der Waals surface area contributed by atoms with Crippen molar-refractivity contribution in [2.45, 2.75) is 11.8 Å². The minimum absolute atomic E-state index is 0.418. The highest BCUT2D eigenvalue weighted by Gasteiger charge is 2.06. The second kappa shape index (κ2) is 4.11. The number of hydrogen-bond donors (Lipinski definition) is 1. The molecule has 0 unspecified atom stereocenters. The molecule has 1 heterocycles. The molecule has 1 aromatic heterocycles. The van der Waals surface area contributed by atoms with Crippen LogP contribution in [0.1, 0.15) is 17.3 Å². The summed E-state index contributed by atoms with van der Waals surface area (Å²) in [6.07, 6.45) is 3.16. The number of thioether (sulfide) groups is 1. The molecular formula is C8H10N2OS. The Hall–Kier alpha value is -1.03. The topological polar surface area (TPSA) is 56.0 Å². The molecule has 2 N–H and O–H groups in total. The van der Waals surface area contributed by atoms with Crippen LogP contribution in [0.5, 0.6) is 0 Å². The number of amides is 1. The number of nitrogens with zero attached hydrogens (tertiary/aromatic N) is 1. The zero-order valence-electron chi connectivity index (χ0n) is 6.78. The molecule has 0 saturated heterocycles. The molecule has 0 atom stereocenters. The number of hydrogen-bond acceptors (Lipinski definition) is 3. The second-order valence-electron chi connectivity index (χ2n) is 2.17. The van der Waals surface area contributed by atoms with Crippen molar-refractivity contribution in [3.63, 3.8) is 0 Å². The maximum absolute atomic E-state index is 10.9. The first-order chi connectivity index (χ1) is 5.75. The fraction of sp³-hybridized carbons (Fsp3) is 0.250. The van der Waals surface area contributed by atoms with Crippen LogP contribution in [0.2, 0.25) is 0 Å². The van der Waals surface area contributed by atoms with Gasteiger partial charge < -0.3 is 5.73 Å². The lowest BCUT2D eigenvalue weighted by Crippen LogP contribution is -2.12. The summed E-state index contributed by atoms with van der Waals surface area (Å²) in [7, 11) is 0. The van der Waals surface area contributed by atoms with E-state index in [2.05, 4.69) is 4.98 Å². The normalized spacial score (nSPS) is 9.75. The SMILES string of the molecule is CCSc1ccncc1C(N)=O. The molecule has 64 valence electrons. The van der Waals surface area contributed by atoms with Crippen molar-refractivity contribution in [2.24, 2.45) is 5.73 Å². The molecule has 1 aromatic rings. The van der Waals surface area contributed by atoms with Crippen LogP contribution in [-0.2, 0) is 0 Å². The van der Waals surface area contributed by atoms with Gasteiger partial charge in [0.25, 0.3) is 5.91 Å². The molecule has 3 nitrogen and oxygen atoms in total. The van der Waals surface area contributed by atoms with Crippen molar-refractivity contribution in [3.05, 3.63) is 24.0 Å². The predicted octanol–water partition coefficient (Wildman–Crippen LogP) is 1.29. The molecule has 0 aromatic carbocycles. The highest BCUT2D eigenvalue weighted by Crippen LogP contribution is 2.20. The Morgan fingerprint density at radius 1 is 1.75 bits per heavy atom. The molecule has 1 rings (SSSR count). The van der Waals surface area contributed by atoms with E-state index < -0.39 is 5.91 Å². The van der Waals surface area contributed by atoms with Crippen LogP contribution in [0.4, 0.5) is 0 Å². The first-order valence-corrected chi connectivity index (χ1v) is 4.61. The van der Waals surface area contributed by atoms with Gasteiger partial charge in [0, 0.05) is 17.3 Å². The Morgan fingerprint density at radius 3 is 3.08 bits per heavy atom. The number of carbonyl (C=O) groups is 1. The van der Waals surface area contributed by atoms with Gasteiger partial charge >= 0.3 is 0 Å². The zero-order valence-corrected chi connectivity index (χ0v) is 7.60. The fourth-order valence-electron chi connectivity index (χ4n) is 0.848. The monoisotopic (exact) mass is 182 g/mol. The number of carbonyl (C=O) groups excluding carboxylic acids is 1. The van der Waals surface area contributed by atoms with Gasteiger partial charge in [-0.25, -0.2) is 0 Å². The molecule has 4 heteroatoms. The number of aromatic nitrogens is 1. The van der Waals surface area contributed by atoms with Gasteiger partial charge in [-0.1, -0.05) is 6.92 Å². The van der Waals surface area contributed by atoms with Crippen molar-refractivity contribution in [2.75, 3.05) is 5.75 Å².